The van der Waals surface area contributed by atoms with E-state index in [0.29, 0.717) is 10.6 Å². The van der Waals surface area contributed by atoms with Crippen molar-refractivity contribution >= 4 is 22.9 Å². The van der Waals surface area contributed by atoms with Gasteiger partial charge in [0.25, 0.3) is 0 Å². The molecule has 1 aromatic heterocycles. The van der Waals surface area contributed by atoms with Gasteiger partial charge in [0.1, 0.15) is 5.82 Å². The fraction of sp³-hybridized carbons (Fsp3) is 0.333. The average Bonchev–Trinajstić information content (AvgIpc) is 2.90. The second kappa shape index (κ2) is 6.68. The number of benzene rings is 1. The quantitative estimate of drug-likeness (QED) is 0.880. The predicted molar refractivity (Wildman–Crippen MR) is 81.9 cm³/mol. The maximum Gasteiger partial charge on any atom is 0.128 e. The monoisotopic (exact) mass is 313 g/mol. The summed E-state index contributed by atoms with van der Waals surface area (Å²) in [6.45, 7) is 2.15. The second-order valence-electron chi connectivity index (χ2n) is 4.59. The molecule has 2 rings (SSSR count). The smallest absolute Gasteiger partial charge is 0.128 e. The first-order valence-corrected chi connectivity index (χ1v) is 7.74. The number of aryl methyl sites for hydroxylation is 1. The first kappa shape index (κ1) is 15.4. The largest absolute Gasteiger partial charge is 0.387 e. The number of hydrogen-bond donors (Lipinski definition) is 2. The maximum absolute atomic E-state index is 14.0. The lowest BCUT2D eigenvalue weighted by molar-refractivity contribution is 0.148. The van der Waals surface area contributed by atoms with Crippen LogP contribution in [-0.4, -0.2) is 11.7 Å². The highest BCUT2D eigenvalue weighted by Gasteiger charge is 2.28. The number of nitrogens with two attached hydrogens (primary N) is 1. The van der Waals surface area contributed by atoms with Crippen LogP contribution in [-0.2, 0) is 6.42 Å². The van der Waals surface area contributed by atoms with E-state index in [2.05, 4.69) is 0 Å². The van der Waals surface area contributed by atoms with Crippen molar-refractivity contribution in [3.8, 4) is 0 Å². The van der Waals surface area contributed by atoms with E-state index in [1.54, 1.807) is 12.1 Å². The van der Waals surface area contributed by atoms with Crippen molar-refractivity contribution in [1.82, 2.24) is 0 Å². The van der Waals surface area contributed by atoms with Crippen LogP contribution in [0.4, 0.5) is 4.39 Å². The van der Waals surface area contributed by atoms with E-state index in [1.165, 1.54) is 17.4 Å². The Kier molecular flexibility index (Phi) is 5.16. The Morgan fingerprint density at radius 3 is 2.75 bits per heavy atom. The van der Waals surface area contributed by atoms with Gasteiger partial charge in [0.2, 0.25) is 0 Å². The van der Waals surface area contributed by atoms with Crippen molar-refractivity contribution in [3.05, 3.63) is 56.5 Å². The van der Waals surface area contributed by atoms with E-state index >= 15 is 0 Å². The Morgan fingerprint density at radius 2 is 2.15 bits per heavy atom. The van der Waals surface area contributed by atoms with Gasteiger partial charge in [-0.25, -0.2) is 4.39 Å². The predicted octanol–water partition coefficient (Wildman–Crippen LogP) is 3.88. The molecule has 2 nitrogen and oxygen atoms in total. The highest BCUT2D eigenvalue weighted by atomic mass is 35.5. The molecule has 2 aromatic rings. The standard InChI is InChI=1S/C15H17ClFNOS/c1-2-9-6-7-20-15(9)14(19)10(8-18)13-11(16)4-3-5-12(13)17/h3-7,10,14,19H,2,8,18H2,1H3. The number of rotatable bonds is 5. The van der Waals surface area contributed by atoms with E-state index in [-0.39, 0.29) is 6.54 Å². The molecule has 1 aromatic carbocycles. The van der Waals surface area contributed by atoms with Crippen molar-refractivity contribution in [2.45, 2.75) is 25.4 Å². The number of thiophene rings is 1. The summed E-state index contributed by atoms with van der Waals surface area (Å²) in [5.41, 5.74) is 7.12. The minimum Gasteiger partial charge on any atom is -0.387 e. The van der Waals surface area contributed by atoms with Gasteiger partial charge in [0.15, 0.2) is 0 Å². The van der Waals surface area contributed by atoms with Crippen molar-refractivity contribution in [2.24, 2.45) is 5.73 Å². The molecule has 0 fully saturated rings. The zero-order valence-corrected chi connectivity index (χ0v) is 12.7. The Bertz CT molecular complexity index is 567. The molecule has 0 saturated heterocycles. The third kappa shape index (κ3) is 2.88. The van der Waals surface area contributed by atoms with Crippen LogP contribution in [0.25, 0.3) is 0 Å². The lowest BCUT2D eigenvalue weighted by Gasteiger charge is -2.23. The Labute approximate surface area is 127 Å². The zero-order chi connectivity index (χ0) is 14.7. The molecule has 108 valence electrons. The van der Waals surface area contributed by atoms with Gasteiger partial charge in [-0.3, -0.25) is 0 Å². The van der Waals surface area contributed by atoms with Crippen LogP contribution in [0.5, 0.6) is 0 Å². The van der Waals surface area contributed by atoms with Crippen molar-refractivity contribution in [2.75, 3.05) is 6.54 Å². The third-order valence-corrected chi connectivity index (χ3v) is 4.80. The third-order valence-electron chi connectivity index (χ3n) is 3.44. The highest BCUT2D eigenvalue weighted by molar-refractivity contribution is 7.10. The summed E-state index contributed by atoms with van der Waals surface area (Å²) in [4.78, 5) is 0.835. The number of aliphatic hydroxyl groups is 1. The molecule has 5 heteroatoms. The van der Waals surface area contributed by atoms with Gasteiger partial charge in [0.05, 0.1) is 6.10 Å². The first-order valence-electron chi connectivity index (χ1n) is 6.48. The molecule has 0 aliphatic rings. The van der Waals surface area contributed by atoms with Crippen molar-refractivity contribution < 1.29 is 9.50 Å². The molecule has 0 saturated carbocycles. The normalized spacial score (nSPS) is 14.2. The summed E-state index contributed by atoms with van der Waals surface area (Å²) in [6, 6.07) is 6.47. The molecule has 0 bridgehead atoms. The van der Waals surface area contributed by atoms with Crippen molar-refractivity contribution in [3.63, 3.8) is 0 Å². The molecule has 0 radical (unpaired) electrons. The Balaban J connectivity index is 2.42. The molecule has 0 spiro atoms. The molecule has 20 heavy (non-hydrogen) atoms. The van der Waals surface area contributed by atoms with Gasteiger partial charge < -0.3 is 10.8 Å². The first-order chi connectivity index (χ1) is 9.60. The van der Waals surface area contributed by atoms with E-state index in [1.807, 2.05) is 18.4 Å². The van der Waals surface area contributed by atoms with Crippen molar-refractivity contribution in [1.29, 1.82) is 0 Å². The molecular formula is C15H17ClFNOS. The van der Waals surface area contributed by atoms with Crippen LogP contribution in [0, 0.1) is 5.82 Å². The average molecular weight is 314 g/mol. The van der Waals surface area contributed by atoms with Crippen LogP contribution in [0.1, 0.15) is 34.9 Å². The Morgan fingerprint density at radius 1 is 1.40 bits per heavy atom. The molecule has 0 aliphatic carbocycles. The van der Waals surface area contributed by atoms with Crippen LogP contribution >= 0.6 is 22.9 Å². The lowest BCUT2D eigenvalue weighted by Crippen LogP contribution is -2.21. The second-order valence-corrected chi connectivity index (χ2v) is 5.94. The molecule has 1 heterocycles. The highest BCUT2D eigenvalue weighted by Crippen LogP contribution is 2.38. The summed E-state index contributed by atoms with van der Waals surface area (Å²) in [5.74, 6) is -0.978. The van der Waals surface area contributed by atoms with Crippen LogP contribution in [0.15, 0.2) is 29.6 Å². The summed E-state index contributed by atoms with van der Waals surface area (Å²) < 4.78 is 14.0. The summed E-state index contributed by atoms with van der Waals surface area (Å²) in [5, 5.41) is 12.8. The van der Waals surface area contributed by atoms with Gasteiger partial charge in [-0.2, -0.15) is 0 Å². The molecule has 0 amide bonds. The number of halogens is 2. The molecule has 3 N–H and O–H groups in total. The summed E-state index contributed by atoms with van der Waals surface area (Å²) in [6.07, 6.45) is -0.0255. The topological polar surface area (TPSA) is 46.2 Å². The van der Waals surface area contributed by atoms with Gasteiger partial charge in [-0.15, -0.1) is 11.3 Å². The molecule has 2 atom stereocenters. The van der Waals surface area contributed by atoms with Crippen LogP contribution in [0.2, 0.25) is 5.02 Å². The summed E-state index contributed by atoms with van der Waals surface area (Å²) >= 11 is 7.54. The van der Waals surface area contributed by atoms with Crippen LogP contribution < -0.4 is 5.73 Å². The lowest BCUT2D eigenvalue weighted by atomic mass is 9.90. The maximum atomic E-state index is 14.0. The van der Waals surface area contributed by atoms with Gasteiger partial charge in [-0.05, 0) is 35.6 Å². The zero-order valence-electron chi connectivity index (χ0n) is 11.1. The van der Waals surface area contributed by atoms with E-state index in [9.17, 15) is 9.50 Å². The number of hydrogen-bond acceptors (Lipinski definition) is 3. The molecule has 2 unspecified atom stereocenters. The van der Waals surface area contributed by atoms with Gasteiger partial charge >= 0.3 is 0 Å². The number of aliphatic hydroxyl groups excluding tert-OH is 1. The van der Waals surface area contributed by atoms with E-state index < -0.39 is 17.8 Å². The fourth-order valence-electron chi connectivity index (χ4n) is 2.35. The fourth-order valence-corrected chi connectivity index (χ4v) is 3.70. The molecular weight excluding hydrogens is 297 g/mol. The summed E-state index contributed by atoms with van der Waals surface area (Å²) in [7, 11) is 0. The Hall–Kier alpha value is -0.940. The molecule has 0 aliphatic heterocycles. The van der Waals surface area contributed by atoms with E-state index in [0.717, 1.165) is 16.9 Å². The van der Waals surface area contributed by atoms with E-state index in [4.69, 9.17) is 17.3 Å². The van der Waals surface area contributed by atoms with Gasteiger partial charge in [-0.1, -0.05) is 24.6 Å². The minimum atomic E-state index is -0.843. The van der Waals surface area contributed by atoms with Gasteiger partial charge in [0, 0.05) is 27.9 Å². The SMILES string of the molecule is CCc1ccsc1C(O)C(CN)c1c(F)cccc1Cl. The van der Waals surface area contributed by atoms with Crippen LogP contribution in [0.3, 0.4) is 0 Å². The minimum absolute atomic E-state index is 0.128.